The van der Waals surface area contributed by atoms with Crippen LogP contribution in [-0.4, -0.2) is 40.6 Å². The lowest BCUT2D eigenvalue weighted by Gasteiger charge is -2.26. The van der Waals surface area contributed by atoms with E-state index in [1.165, 1.54) is 11.8 Å². The molecule has 2 atom stereocenters. The Bertz CT molecular complexity index is 714. The molecule has 1 N–H and O–H groups in total. The van der Waals surface area contributed by atoms with Gasteiger partial charge in [0.1, 0.15) is 17.7 Å². The van der Waals surface area contributed by atoms with Gasteiger partial charge >= 0.3 is 0 Å². The van der Waals surface area contributed by atoms with Crippen LogP contribution in [0.15, 0.2) is 41.4 Å². The lowest BCUT2D eigenvalue weighted by Crippen LogP contribution is -2.42. The van der Waals surface area contributed by atoms with E-state index in [-0.39, 0.29) is 17.3 Å². The molecule has 0 saturated carbocycles. The third-order valence-corrected chi connectivity index (χ3v) is 4.57. The van der Waals surface area contributed by atoms with Crippen LogP contribution in [0.2, 0.25) is 5.15 Å². The molecule has 2 heterocycles. The molecule has 0 fully saturated rings. The first-order valence-electron chi connectivity index (χ1n) is 7.44. The molecule has 0 spiro atoms. The summed E-state index contributed by atoms with van der Waals surface area (Å²) in [6.45, 7) is 2.59. The summed E-state index contributed by atoms with van der Waals surface area (Å²) < 4.78 is 11.4. The Morgan fingerprint density at radius 2 is 2.12 bits per heavy atom. The summed E-state index contributed by atoms with van der Waals surface area (Å²) in [5, 5.41) is 11.2. The molecule has 0 unspecified atom stereocenters. The number of carbonyl (C=O) groups is 1. The number of thioether (sulfide) groups is 1. The molecule has 24 heavy (non-hydrogen) atoms. The van der Waals surface area contributed by atoms with Crippen LogP contribution in [0.1, 0.15) is 6.92 Å². The zero-order chi connectivity index (χ0) is 16.9. The van der Waals surface area contributed by atoms with Gasteiger partial charge in [0.15, 0.2) is 16.7 Å². The Morgan fingerprint density at radius 3 is 2.88 bits per heavy atom. The van der Waals surface area contributed by atoms with Gasteiger partial charge in [-0.1, -0.05) is 35.5 Å². The number of amides is 1. The van der Waals surface area contributed by atoms with Gasteiger partial charge in [0.25, 0.3) is 0 Å². The SMILES string of the molecule is C[C@@H](Sc1ccc(Cl)nn1)C(=O)NC[C@H]1COc2ccccc2O1. The van der Waals surface area contributed by atoms with Gasteiger partial charge in [-0.15, -0.1) is 10.2 Å². The highest BCUT2D eigenvalue weighted by molar-refractivity contribution is 8.00. The second kappa shape index (κ2) is 7.72. The summed E-state index contributed by atoms with van der Waals surface area (Å²) in [5.41, 5.74) is 0. The van der Waals surface area contributed by atoms with E-state index in [1.54, 1.807) is 12.1 Å². The van der Waals surface area contributed by atoms with Crippen molar-refractivity contribution in [1.29, 1.82) is 0 Å². The molecule has 1 aliphatic heterocycles. The molecule has 0 radical (unpaired) electrons. The lowest BCUT2D eigenvalue weighted by molar-refractivity contribution is -0.120. The standard InChI is InChI=1S/C16H16ClN3O3S/c1-10(24-15-7-6-14(17)19-20-15)16(21)18-8-11-9-22-12-4-2-3-5-13(12)23-11/h2-7,10-11H,8-9H2,1H3,(H,18,21)/t10-,11+/m1/s1. The second-order valence-electron chi connectivity index (χ2n) is 5.20. The van der Waals surface area contributed by atoms with Gasteiger partial charge in [-0.25, -0.2) is 0 Å². The number of hydrogen-bond acceptors (Lipinski definition) is 6. The zero-order valence-electron chi connectivity index (χ0n) is 12.9. The maximum atomic E-state index is 12.2. The number of hydrogen-bond donors (Lipinski definition) is 1. The first-order chi connectivity index (χ1) is 11.6. The van der Waals surface area contributed by atoms with Crippen molar-refractivity contribution in [3.8, 4) is 11.5 Å². The van der Waals surface area contributed by atoms with Crippen LogP contribution in [0, 0.1) is 0 Å². The first-order valence-corrected chi connectivity index (χ1v) is 8.69. The minimum Gasteiger partial charge on any atom is -0.486 e. The summed E-state index contributed by atoms with van der Waals surface area (Å²) in [6.07, 6.45) is -0.212. The summed E-state index contributed by atoms with van der Waals surface area (Å²) in [7, 11) is 0. The van der Waals surface area contributed by atoms with E-state index in [0.29, 0.717) is 29.1 Å². The van der Waals surface area contributed by atoms with E-state index in [9.17, 15) is 4.79 Å². The fraction of sp³-hybridized carbons (Fsp3) is 0.312. The molecule has 6 nitrogen and oxygen atoms in total. The molecule has 3 rings (SSSR count). The van der Waals surface area contributed by atoms with E-state index in [1.807, 2.05) is 31.2 Å². The smallest absolute Gasteiger partial charge is 0.233 e. The zero-order valence-corrected chi connectivity index (χ0v) is 14.5. The van der Waals surface area contributed by atoms with E-state index < -0.39 is 0 Å². The number of fused-ring (bicyclic) bond motifs is 1. The van der Waals surface area contributed by atoms with E-state index in [4.69, 9.17) is 21.1 Å². The van der Waals surface area contributed by atoms with Crippen LogP contribution in [0.5, 0.6) is 11.5 Å². The average molecular weight is 366 g/mol. The Balaban J connectivity index is 1.48. The van der Waals surface area contributed by atoms with Gasteiger partial charge in [-0.05, 0) is 31.2 Å². The van der Waals surface area contributed by atoms with E-state index in [0.717, 1.165) is 5.75 Å². The van der Waals surface area contributed by atoms with Crippen LogP contribution in [-0.2, 0) is 4.79 Å². The monoisotopic (exact) mass is 365 g/mol. The number of nitrogens with zero attached hydrogens (tertiary/aromatic N) is 2. The molecular formula is C16H16ClN3O3S. The second-order valence-corrected chi connectivity index (χ2v) is 6.95. The number of halogens is 1. The fourth-order valence-corrected chi connectivity index (χ4v) is 3.01. The minimum absolute atomic E-state index is 0.0980. The van der Waals surface area contributed by atoms with Crippen LogP contribution in [0.25, 0.3) is 0 Å². The van der Waals surface area contributed by atoms with Gasteiger partial charge in [0.05, 0.1) is 11.8 Å². The fourth-order valence-electron chi connectivity index (χ4n) is 2.12. The number of carbonyl (C=O) groups excluding carboxylic acids is 1. The number of ether oxygens (including phenoxy) is 2. The third kappa shape index (κ3) is 4.30. The van der Waals surface area contributed by atoms with Crippen molar-refractivity contribution in [1.82, 2.24) is 15.5 Å². The van der Waals surface area contributed by atoms with Crippen molar-refractivity contribution in [2.75, 3.05) is 13.2 Å². The first kappa shape index (κ1) is 16.9. The number of rotatable bonds is 5. The van der Waals surface area contributed by atoms with Crippen molar-refractivity contribution in [2.24, 2.45) is 0 Å². The Hall–Kier alpha value is -1.99. The predicted octanol–water partition coefficient (Wildman–Crippen LogP) is 2.57. The molecule has 1 amide bonds. The average Bonchev–Trinajstić information content (AvgIpc) is 2.61. The van der Waals surface area contributed by atoms with Crippen LogP contribution in [0.4, 0.5) is 0 Å². The van der Waals surface area contributed by atoms with Gasteiger partial charge < -0.3 is 14.8 Å². The molecule has 0 bridgehead atoms. The van der Waals surface area contributed by atoms with Crippen LogP contribution >= 0.6 is 23.4 Å². The molecule has 8 heteroatoms. The van der Waals surface area contributed by atoms with Crippen molar-refractivity contribution < 1.29 is 14.3 Å². The molecular weight excluding hydrogens is 350 g/mol. The number of benzene rings is 1. The predicted molar refractivity (Wildman–Crippen MR) is 91.7 cm³/mol. The summed E-state index contributed by atoms with van der Waals surface area (Å²) >= 11 is 7.01. The lowest BCUT2D eigenvalue weighted by atomic mass is 10.2. The quantitative estimate of drug-likeness (QED) is 0.821. The van der Waals surface area contributed by atoms with E-state index in [2.05, 4.69) is 15.5 Å². The maximum Gasteiger partial charge on any atom is 0.233 e. The molecule has 1 aromatic carbocycles. The highest BCUT2D eigenvalue weighted by Gasteiger charge is 2.22. The van der Waals surface area contributed by atoms with Gasteiger partial charge in [0, 0.05) is 0 Å². The van der Waals surface area contributed by atoms with Crippen molar-refractivity contribution in [3.63, 3.8) is 0 Å². The summed E-state index contributed by atoms with van der Waals surface area (Å²) in [4.78, 5) is 12.2. The minimum atomic E-state index is -0.308. The summed E-state index contributed by atoms with van der Waals surface area (Å²) in [5.74, 6) is 1.33. The molecule has 0 saturated heterocycles. The number of nitrogens with one attached hydrogen (secondary N) is 1. The highest BCUT2D eigenvalue weighted by Crippen LogP contribution is 2.30. The Kier molecular flexibility index (Phi) is 5.42. The summed E-state index contributed by atoms with van der Waals surface area (Å²) in [6, 6.07) is 10.9. The van der Waals surface area contributed by atoms with Crippen molar-refractivity contribution >= 4 is 29.3 Å². The molecule has 126 valence electrons. The molecule has 2 aromatic rings. The van der Waals surface area contributed by atoms with Crippen LogP contribution in [0.3, 0.4) is 0 Å². The maximum absolute atomic E-state index is 12.2. The highest BCUT2D eigenvalue weighted by atomic mass is 35.5. The molecule has 1 aromatic heterocycles. The Morgan fingerprint density at radius 1 is 1.33 bits per heavy atom. The Labute approximate surface area is 148 Å². The van der Waals surface area contributed by atoms with Crippen molar-refractivity contribution in [3.05, 3.63) is 41.6 Å². The third-order valence-electron chi connectivity index (χ3n) is 3.35. The van der Waals surface area contributed by atoms with Crippen molar-refractivity contribution in [2.45, 2.75) is 23.3 Å². The van der Waals surface area contributed by atoms with E-state index >= 15 is 0 Å². The van der Waals surface area contributed by atoms with Gasteiger partial charge in [0.2, 0.25) is 5.91 Å². The number of aromatic nitrogens is 2. The normalized spacial score (nSPS) is 17.2. The largest absolute Gasteiger partial charge is 0.486 e. The van der Waals surface area contributed by atoms with Crippen LogP contribution < -0.4 is 14.8 Å². The van der Waals surface area contributed by atoms with Gasteiger partial charge in [-0.2, -0.15) is 0 Å². The molecule has 0 aliphatic carbocycles. The number of para-hydroxylation sites is 2. The van der Waals surface area contributed by atoms with Gasteiger partial charge in [-0.3, -0.25) is 4.79 Å². The topological polar surface area (TPSA) is 73.3 Å². The molecule has 1 aliphatic rings.